The summed E-state index contributed by atoms with van der Waals surface area (Å²) in [4.78, 5) is 22.1. The van der Waals surface area contributed by atoms with Gasteiger partial charge in [0.2, 0.25) is 0 Å². The molecule has 0 radical (unpaired) electrons. The van der Waals surface area contributed by atoms with Crippen LogP contribution in [-0.2, 0) is 5.75 Å². The Labute approximate surface area is 183 Å². The lowest BCUT2D eigenvalue weighted by molar-refractivity contribution is 0.414. The number of hydrogen-bond donors (Lipinski definition) is 0. The van der Waals surface area contributed by atoms with E-state index in [1.807, 2.05) is 61.5 Å². The molecule has 5 rings (SSSR count). The average molecular weight is 429 g/mol. The molecule has 0 N–H and O–H groups in total. The fourth-order valence-electron chi connectivity index (χ4n) is 3.60. The molecule has 0 aliphatic heterocycles. The zero-order valence-corrected chi connectivity index (χ0v) is 18.0. The molecule has 0 bridgehead atoms. The van der Waals surface area contributed by atoms with E-state index in [0.29, 0.717) is 11.4 Å². The van der Waals surface area contributed by atoms with Gasteiger partial charge in [-0.05, 0) is 55.0 Å². The smallest absolute Gasteiger partial charge is 0.258 e. The maximum absolute atomic E-state index is 12.5. The van der Waals surface area contributed by atoms with Gasteiger partial charge in [0.25, 0.3) is 5.56 Å². The number of fused-ring (bicyclic) bond motifs is 2. The Morgan fingerprint density at radius 2 is 1.81 bits per heavy atom. The highest BCUT2D eigenvalue weighted by Crippen LogP contribution is 2.30. The molecular weight excluding hydrogens is 408 g/mol. The highest BCUT2D eigenvalue weighted by molar-refractivity contribution is 7.98. The molecule has 31 heavy (non-hydrogen) atoms. The van der Waals surface area contributed by atoms with E-state index in [4.69, 9.17) is 14.7 Å². The lowest BCUT2D eigenvalue weighted by atomic mass is 10.2. The number of hydrogen-bond acceptors (Lipinski definition) is 5. The summed E-state index contributed by atoms with van der Waals surface area (Å²) >= 11 is 1.56. The number of imidazole rings is 1. The van der Waals surface area contributed by atoms with Crippen molar-refractivity contribution >= 4 is 28.4 Å². The average Bonchev–Trinajstić information content (AvgIpc) is 3.17. The Kier molecular flexibility index (Phi) is 4.95. The van der Waals surface area contributed by atoms with E-state index >= 15 is 0 Å². The van der Waals surface area contributed by atoms with E-state index in [0.717, 1.165) is 38.9 Å². The van der Waals surface area contributed by atoms with Crippen LogP contribution in [0.2, 0.25) is 0 Å². The van der Waals surface area contributed by atoms with Gasteiger partial charge >= 0.3 is 0 Å². The topological polar surface area (TPSA) is 61.4 Å². The van der Waals surface area contributed by atoms with Crippen molar-refractivity contribution < 1.29 is 4.74 Å². The zero-order valence-electron chi connectivity index (χ0n) is 17.1. The molecule has 3 heterocycles. The quantitative estimate of drug-likeness (QED) is 0.382. The van der Waals surface area contributed by atoms with Crippen LogP contribution in [0.15, 0.2) is 82.9 Å². The monoisotopic (exact) mass is 428 g/mol. The SMILES string of the molecule is COc1ccc(-n2c(SCc3cc(=O)n4cccc(C)c4n3)nc3ccccc32)cc1. The Balaban J connectivity index is 1.54. The highest BCUT2D eigenvalue weighted by atomic mass is 32.2. The van der Waals surface area contributed by atoms with Gasteiger partial charge in [0.15, 0.2) is 5.16 Å². The summed E-state index contributed by atoms with van der Waals surface area (Å²) < 4.78 is 9.00. The predicted octanol–water partition coefficient (Wildman–Crippen LogP) is 4.64. The van der Waals surface area contributed by atoms with E-state index in [9.17, 15) is 4.79 Å². The molecule has 0 unspecified atom stereocenters. The molecule has 2 aromatic carbocycles. The molecule has 0 fully saturated rings. The number of aromatic nitrogens is 4. The second kappa shape index (κ2) is 7.92. The molecule has 0 atom stereocenters. The lowest BCUT2D eigenvalue weighted by Crippen LogP contribution is -2.15. The van der Waals surface area contributed by atoms with Crippen molar-refractivity contribution in [2.45, 2.75) is 17.8 Å². The van der Waals surface area contributed by atoms with Crippen LogP contribution >= 0.6 is 11.8 Å². The minimum absolute atomic E-state index is 0.0760. The standard InChI is InChI=1S/C24H20N4O2S/c1-16-6-5-13-27-22(29)14-17(25-23(16)27)15-31-24-26-20-7-3-4-8-21(20)28(24)18-9-11-19(30-2)12-10-18/h3-14H,15H2,1-2H3. The van der Waals surface area contributed by atoms with Crippen LogP contribution in [0, 0.1) is 6.92 Å². The Bertz CT molecular complexity index is 1450. The minimum Gasteiger partial charge on any atom is -0.497 e. The number of benzene rings is 2. The number of ether oxygens (including phenoxy) is 1. The van der Waals surface area contributed by atoms with Gasteiger partial charge in [-0.2, -0.15) is 0 Å². The van der Waals surface area contributed by atoms with Crippen LogP contribution in [0.5, 0.6) is 5.75 Å². The predicted molar refractivity (Wildman–Crippen MR) is 123 cm³/mol. The molecular formula is C24H20N4O2S. The van der Waals surface area contributed by atoms with Crippen LogP contribution in [0.4, 0.5) is 0 Å². The number of rotatable bonds is 5. The van der Waals surface area contributed by atoms with Gasteiger partial charge < -0.3 is 4.74 Å². The molecule has 0 aliphatic carbocycles. The molecule has 6 nitrogen and oxygen atoms in total. The molecule has 5 aromatic rings. The second-order valence-corrected chi connectivity index (χ2v) is 8.12. The Morgan fingerprint density at radius 3 is 2.61 bits per heavy atom. The molecule has 0 amide bonds. The summed E-state index contributed by atoms with van der Waals surface area (Å²) in [6.45, 7) is 1.96. The molecule has 0 aliphatic rings. The number of para-hydroxylation sites is 2. The van der Waals surface area contributed by atoms with Gasteiger partial charge in [-0.3, -0.25) is 13.8 Å². The van der Waals surface area contributed by atoms with Gasteiger partial charge in [0, 0.05) is 23.7 Å². The maximum atomic E-state index is 12.5. The molecule has 3 aromatic heterocycles. The van der Waals surface area contributed by atoms with Gasteiger partial charge in [-0.15, -0.1) is 0 Å². The van der Waals surface area contributed by atoms with Crippen molar-refractivity contribution in [1.82, 2.24) is 18.9 Å². The van der Waals surface area contributed by atoms with Gasteiger partial charge in [-0.1, -0.05) is 30.0 Å². The van der Waals surface area contributed by atoms with Crippen LogP contribution in [0.25, 0.3) is 22.4 Å². The molecule has 0 saturated heterocycles. The first-order valence-corrected chi connectivity index (χ1v) is 10.9. The normalized spacial score (nSPS) is 11.3. The summed E-state index contributed by atoms with van der Waals surface area (Å²) in [5, 5.41) is 0.846. The van der Waals surface area contributed by atoms with Gasteiger partial charge in [-0.25, -0.2) is 9.97 Å². The highest BCUT2D eigenvalue weighted by Gasteiger charge is 2.14. The summed E-state index contributed by atoms with van der Waals surface area (Å²) in [6.07, 6.45) is 1.75. The first-order chi connectivity index (χ1) is 15.1. The number of methoxy groups -OCH3 is 1. The molecule has 0 saturated carbocycles. The van der Waals surface area contributed by atoms with E-state index < -0.39 is 0 Å². The van der Waals surface area contributed by atoms with Gasteiger partial charge in [0.1, 0.15) is 11.4 Å². The van der Waals surface area contributed by atoms with Crippen LogP contribution in [0.1, 0.15) is 11.3 Å². The largest absolute Gasteiger partial charge is 0.497 e. The molecule has 7 heteroatoms. The maximum Gasteiger partial charge on any atom is 0.258 e. The Hall–Kier alpha value is -3.58. The second-order valence-electron chi connectivity index (χ2n) is 7.18. The zero-order chi connectivity index (χ0) is 21.4. The molecule has 0 spiro atoms. The third-order valence-electron chi connectivity index (χ3n) is 5.15. The minimum atomic E-state index is -0.0760. The number of nitrogens with zero attached hydrogens (tertiary/aromatic N) is 4. The summed E-state index contributed by atoms with van der Waals surface area (Å²) in [6, 6.07) is 21.4. The van der Waals surface area contributed by atoms with E-state index in [-0.39, 0.29) is 5.56 Å². The third-order valence-corrected chi connectivity index (χ3v) is 6.12. The Morgan fingerprint density at radius 1 is 1.00 bits per heavy atom. The number of aryl methyl sites for hydroxylation is 1. The van der Waals surface area contributed by atoms with Crippen LogP contribution in [-0.4, -0.2) is 26.0 Å². The van der Waals surface area contributed by atoms with Crippen molar-refractivity contribution in [3.05, 3.63) is 94.5 Å². The van der Waals surface area contributed by atoms with E-state index in [1.165, 1.54) is 0 Å². The number of pyridine rings is 1. The van der Waals surface area contributed by atoms with Crippen molar-refractivity contribution in [3.63, 3.8) is 0 Å². The first-order valence-electron chi connectivity index (χ1n) is 9.86. The molecule has 154 valence electrons. The van der Waals surface area contributed by atoms with E-state index in [1.54, 1.807) is 35.5 Å². The van der Waals surface area contributed by atoms with Crippen LogP contribution < -0.4 is 10.3 Å². The van der Waals surface area contributed by atoms with Crippen molar-refractivity contribution in [1.29, 1.82) is 0 Å². The summed E-state index contributed by atoms with van der Waals surface area (Å²) in [5.74, 6) is 1.35. The van der Waals surface area contributed by atoms with Crippen molar-refractivity contribution in [2.75, 3.05) is 7.11 Å². The fourth-order valence-corrected chi connectivity index (χ4v) is 4.52. The third kappa shape index (κ3) is 3.57. The number of thioether (sulfide) groups is 1. The lowest BCUT2D eigenvalue weighted by Gasteiger charge is -2.10. The van der Waals surface area contributed by atoms with Crippen molar-refractivity contribution in [3.8, 4) is 11.4 Å². The van der Waals surface area contributed by atoms with Crippen molar-refractivity contribution in [2.24, 2.45) is 0 Å². The first kappa shape index (κ1) is 19.4. The van der Waals surface area contributed by atoms with Crippen LogP contribution in [0.3, 0.4) is 0 Å². The van der Waals surface area contributed by atoms with E-state index in [2.05, 4.69) is 10.6 Å². The van der Waals surface area contributed by atoms with Gasteiger partial charge in [0.05, 0.1) is 23.8 Å². The summed E-state index contributed by atoms with van der Waals surface area (Å²) in [7, 11) is 1.66. The summed E-state index contributed by atoms with van der Waals surface area (Å²) in [5.41, 5.74) is 5.26. The fraction of sp³-hybridized carbons (Fsp3) is 0.125.